The second-order valence-electron chi connectivity index (χ2n) is 9.71. The summed E-state index contributed by atoms with van der Waals surface area (Å²) >= 11 is 2.19. The Hall–Kier alpha value is -2.54. The Balaban J connectivity index is 1.26. The zero-order valence-corrected chi connectivity index (χ0v) is 21.2. The van der Waals surface area contributed by atoms with Crippen molar-refractivity contribution in [1.82, 2.24) is 25.1 Å². The Kier molecular flexibility index (Phi) is 5.78. The van der Waals surface area contributed by atoms with Gasteiger partial charge >= 0.3 is 6.09 Å². The molecule has 2 atom stereocenters. The van der Waals surface area contributed by atoms with E-state index in [1.165, 1.54) is 6.07 Å². The fraction of sp³-hybridized carbons (Fsp3) is 0.500. The second-order valence-corrected chi connectivity index (χ2v) is 10.7. The summed E-state index contributed by atoms with van der Waals surface area (Å²) < 4.78 is 22.5. The number of aromatic nitrogens is 4. The molecule has 0 bridgehead atoms. The number of amides is 1. The molecule has 35 heavy (non-hydrogen) atoms. The van der Waals surface area contributed by atoms with Crippen molar-refractivity contribution in [2.45, 2.75) is 50.8 Å². The molecular weight excluding hydrogens is 566 g/mol. The van der Waals surface area contributed by atoms with Crippen molar-refractivity contribution in [3.63, 3.8) is 0 Å². The number of nitrogens with one attached hydrogen (secondary N) is 1. The molecule has 1 spiro atoms. The lowest BCUT2D eigenvalue weighted by Crippen LogP contribution is -2.47. The van der Waals surface area contributed by atoms with Crippen LogP contribution < -0.4 is 10.2 Å². The smallest absolute Gasteiger partial charge is 0.405 e. The van der Waals surface area contributed by atoms with Gasteiger partial charge in [-0.3, -0.25) is 0 Å². The van der Waals surface area contributed by atoms with Crippen LogP contribution in [0.25, 0.3) is 11.2 Å². The summed E-state index contributed by atoms with van der Waals surface area (Å²) in [7, 11) is 0. The quantitative estimate of drug-likeness (QED) is 0.434. The highest BCUT2D eigenvalue weighted by atomic mass is 127. The molecule has 6 rings (SSSR count). The fourth-order valence-corrected chi connectivity index (χ4v) is 6.57. The predicted octanol–water partition coefficient (Wildman–Crippen LogP) is 4.42. The molecule has 2 saturated heterocycles. The first-order chi connectivity index (χ1) is 16.9. The lowest BCUT2D eigenvalue weighted by atomic mass is 9.72. The van der Waals surface area contributed by atoms with E-state index >= 15 is 0 Å². The topological polar surface area (TPSA) is 105 Å². The fourth-order valence-electron chi connectivity index (χ4n) is 5.96. The van der Waals surface area contributed by atoms with Crippen LogP contribution in [-0.2, 0) is 11.2 Å². The highest BCUT2D eigenvalue weighted by Gasteiger charge is 2.48. The van der Waals surface area contributed by atoms with Crippen LogP contribution in [0.3, 0.4) is 0 Å². The highest BCUT2D eigenvalue weighted by molar-refractivity contribution is 14.1. The maximum Gasteiger partial charge on any atom is 0.405 e. The van der Waals surface area contributed by atoms with Crippen molar-refractivity contribution in [2.24, 2.45) is 5.41 Å². The molecule has 11 heteroatoms. The van der Waals surface area contributed by atoms with E-state index in [9.17, 15) is 14.3 Å². The van der Waals surface area contributed by atoms with Crippen molar-refractivity contribution in [1.29, 1.82) is 0 Å². The number of benzene rings is 1. The zero-order valence-electron chi connectivity index (χ0n) is 19.1. The first-order valence-corrected chi connectivity index (χ1v) is 13.1. The van der Waals surface area contributed by atoms with E-state index in [1.807, 2.05) is 4.68 Å². The molecule has 2 fully saturated rings. The molecule has 0 radical (unpaired) electrons. The molecule has 2 aromatic heterocycles. The van der Waals surface area contributed by atoms with E-state index in [-0.39, 0.29) is 23.5 Å². The Labute approximate surface area is 215 Å². The molecule has 2 N–H and O–H groups in total. The molecule has 1 unspecified atom stereocenters. The minimum Gasteiger partial charge on any atom is -0.465 e. The average Bonchev–Trinajstić information content (AvgIpc) is 3.33. The first kappa shape index (κ1) is 22.9. The van der Waals surface area contributed by atoms with Gasteiger partial charge in [-0.05, 0) is 84.4 Å². The van der Waals surface area contributed by atoms with E-state index in [1.54, 1.807) is 18.3 Å². The van der Waals surface area contributed by atoms with Gasteiger partial charge in [0.2, 0.25) is 0 Å². The van der Waals surface area contributed by atoms with Gasteiger partial charge in [0.15, 0.2) is 15.6 Å². The zero-order chi connectivity index (χ0) is 24.2. The monoisotopic (exact) mass is 592 g/mol. The second kappa shape index (κ2) is 8.84. The average molecular weight is 592 g/mol. The van der Waals surface area contributed by atoms with Crippen LogP contribution in [0.1, 0.15) is 55.5 Å². The molecule has 9 nitrogen and oxygen atoms in total. The van der Waals surface area contributed by atoms with Crippen LogP contribution >= 0.6 is 22.6 Å². The maximum atomic E-state index is 13.9. The van der Waals surface area contributed by atoms with E-state index in [4.69, 9.17) is 9.72 Å². The van der Waals surface area contributed by atoms with Crippen LogP contribution in [0.4, 0.5) is 15.0 Å². The lowest BCUT2D eigenvalue weighted by Gasteiger charge is -2.43. The number of fused-ring (bicyclic) bond motifs is 2. The number of ether oxygens (including phenoxy) is 1. The molecule has 2 aliphatic heterocycles. The number of halogens is 2. The highest BCUT2D eigenvalue weighted by Crippen LogP contribution is 2.52. The summed E-state index contributed by atoms with van der Waals surface area (Å²) in [5.41, 5.74) is 3.00. The third kappa shape index (κ3) is 4.02. The Morgan fingerprint density at radius 2 is 2.11 bits per heavy atom. The number of hydrogen-bond donors (Lipinski definition) is 2. The van der Waals surface area contributed by atoms with Crippen LogP contribution in [0.2, 0.25) is 0 Å². The molecule has 1 aliphatic carbocycles. The van der Waals surface area contributed by atoms with Crippen molar-refractivity contribution < 1.29 is 19.0 Å². The van der Waals surface area contributed by atoms with Gasteiger partial charge in [0.1, 0.15) is 17.2 Å². The van der Waals surface area contributed by atoms with Crippen molar-refractivity contribution in [3.05, 3.63) is 45.0 Å². The van der Waals surface area contributed by atoms with Gasteiger partial charge in [-0.25, -0.2) is 23.8 Å². The van der Waals surface area contributed by atoms with Gasteiger partial charge < -0.3 is 20.1 Å². The minimum absolute atomic E-state index is 0.121. The van der Waals surface area contributed by atoms with E-state index in [0.29, 0.717) is 19.5 Å². The van der Waals surface area contributed by atoms with Crippen molar-refractivity contribution in [2.75, 3.05) is 24.6 Å². The predicted molar refractivity (Wildman–Crippen MR) is 135 cm³/mol. The van der Waals surface area contributed by atoms with Gasteiger partial charge in [0.05, 0.1) is 12.2 Å². The summed E-state index contributed by atoms with van der Waals surface area (Å²) in [4.78, 5) is 23.4. The van der Waals surface area contributed by atoms with E-state index in [2.05, 4.69) is 42.9 Å². The number of hydrogen-bond acceptors (Lipinski definition) is 6. The molecule has 1 amide bonds. The molecule has 0 saturated carbocycles. The van der Waals surface area contributed by atoms with E-state index in [0.717, 1.165) is 70.5 Å². The van der Waals surface area contributed by atoms with Crippen LogP contribution in [-0.4, -0.2) is 50.6 Å². The minimum atomic E-state index is -1.06. The Morgan fingerprint density at radius 1 is 1.29 bits per heavy atom. The van der Waals surface area contributed by atoms with Crippen LogP contribution in [0.5, 0.6) is 0 Å². The summed E-state index contributed by atoms with van der Waals surface area (Å²) in [5.74, 6) is 0.495. The SMILES string of the molecule is O=C(O)N[C@@H]1c2ccc(F)cc2CC12CCN(c1cnc3c(I)nn(C4CCCCO4)c3n1)CC2. The number of rotatable bonds is 3. The summed E-state index contributed by atoms with van der Waals surface area (Å²) in [6.45, 7) is 2.14. The third-order valence-corrected chi connectivity index (χ3v) is 8.43. The van der Waals surface area contributed by atoms with Gasteiger partial charge in [-0.15, -0.1) is 0 Å². The molecule has 1 aromatic carbocycles. The molecule has 184 valence electrons. The number of nitrogens with zero attached hydrogens (tertiary/aromatic N) is 5. The third-order valence-electron chi connectivity index (χ3n) is 7.70. The largest absolute Gasteiger partial charge is 0.465 e. The number of anilines is 1. The van der Waals surface area contributed by atoms with Crippen LogP contribution in [0, 0.1) is 14.9 Å². The van der Waals surface area contributed by atoms with E-state index < -0.39 is 6.09 Å². The summed E-state index contributed by atoms with van der Waals surface area (Å²) in [6.07, 6.45) is 5.87. The molecule has 4 heterocycles. The molecule has 3 aromatic rings. The number of piperidine rings is 1. The van der Waals surface area contributed by atoms with Gasteiger partial charge in [0.25, 0.3) is 0 Å². The van der Waals surface area contributed by atoms with Gasteiger partial charge in [-0.2, -0.15) is 5.10 Å². The van der Waals surface area contributed by atoms with Gasteiger partial charge in [-0.1, -0.05) is 6.07 Å². The molecule has 3 aliphatic rings. The standard InChI is InChI=1S/C24H26FIN6O3/c25-15-4-5-16-14(11-15)12-24(20(16)29-23(33)34)6-8-31(9-7-24)17-13-27-19-21(26)30-32(22(19)28-17)18-3-1-2-10-35-18/h4-5,11,13,18,20,29H,1-3,6-10,12H2,(H,33,34)/t18?,20-/m1/s1. The normalized spacial score (nSPS) is 23.5. The first-order valence-electron chi connectivity index (χ1n) is 12.0. The van der Waals surface area contributed by atoms with Crippen LogP contribution in [0.15, 0.2) is 24.4 Å². The summed E-state index contributed by atoms with van der Waals surface area (Å²) in [5, 5.41) is 16.9. The number of carbonyl (C=O) groups is 1. The van der Waals surface area contributed by atoms with Crippen molar-refractivity contribution >= 4 is 45.7 Å². The Bertz CT molecular complexity index is 1290. The Morgan fingerprint density at radius 3 is 2.86 bits per heavy atom. The molecular formula is C24H26FIN6O3. The summed E-state index contributed by atoms with van der Waals surface area (Å²) in [6, 6.07) is 4.33. The maximum absolute atomic E-state index is 13.9. The van der Waals surface area contributed by atoms with Gasteiger partial charge in [0, 0.05) is 25.1 Å². The lowest BCUT2D eigenvalue weighted by molar-refractivity contribution is -0.0372. The van der Waals surface area contributed by atoms with Crippen molar-refractivity contribution in [3.8, 4) is 0 Å². The number of carboxylic acid groups (broad SMARTS) is 1.